The summed E-state index contributed by atoms with van der Waals surface area (Å²) >= 11 is 0. The van der Waals surface area contributed by atoms with Gasteiger partial charge in [0.1, 0.15) is 17.9 Å². The first-order valence-electron chi connectivity index (χ1n) is 13.4. The predicted molar refractivity (Wildman–Crippen MR) is 156 cm³/mol. The molecule has 9 heteroatoms. The lowest BCUT2D eigenvalue weighted by Crippen LogP contribution is -2.35. The van der Waals surface area contributed by atoms with Crippen molar-refractivity contribution in [2.24, 2.45) is 0 Å². The van der Waals surface area contributed by atoms with E-state index in [0.717, 1.165) is 11.1 Å². The second-order valence-electron chi connectivity index (χ2n) is 10.4. The van der Waals surface area contributed by atoms with E-state index in [4.69, 9.17) is 9.47 Å². The number of fused-ring (bicyclic) bond motifs is 1. The molecule has 5 rings (SSSR count). The summed E-state index contributed by atoms with van der Waals surface area (Å²) in [5, 5.41) is 11.6. The highest BCUT2D eigenvalue weighted by atomic mass is 16.5. The number of aryl methyl sites for hydroxylation is 2. The molecule has 1 amide bonds. The van der Waals surface area contributed by atoms with Gasteiger partial charge in [-0.2, -0.15) is 0 Å². The van der Waals surface area contributed by atoms with Crippen LogP contribution in [0.15, 0.2) is 72.4 Å². The van der Waals surface area contributed by atoms with Crippen molar-refractivity contribution in [3.05, 3.63) is 101 Å². The van der Waals surface area contributed by atoms with Gasteiger partial charge in [-0.15, -0.1) is 0 Å². The van der Waals surface area contributed by atoms with E-state index in [9.17, 15) is 14.7 Å². The number of likely N-dealkylation sites (tertiary alicyclic amines) is 1. The van der Waals surface area contributed by atoms with Crippen molar-refractivity contribution in [3.63, 3.8) is 0 Å². The van der Waals surface area contributed by atoms with Gasteiger partial charge in [0, 0.05) is 19.3 Å². The van der Waals surface area contributed by atoms with E-state index in [1.54, 1.807) is 25.3 Å². The summed E-state index contributed by atoms with van der Waals surface area (Å²) in [6.07, 6.45) is 1.85. The molecule has 0 saturated carbocycles. The van der Waals surface area contributed by atoms with Crippen LogP contribution in [0.3, 0.4) is 0 Å². The lowest BCUT2D eigenvalue weighted by molar-refractivity contribution is -0.140. The van der Waals surface area contributed by atoms with Crippen molar-refractivity contribution in [1.82, 2.24) is 19.2 Å². The zero-order chi connectivity index (χ0) is 29.3. The summed E-state index contributed by atoms with van der Waals surface area (Å²) in [4.78, 5) is 35.0. The molecular formula is C32H34N4O5. The summed E-state index contributed by atoms with van der Waals surface area (Å²) < 4.78 is 13.6. The van der Waals surface area contributed by atoms with Crippen LogP contribution in [-0.4, -0.2) is 70.3 Å². The first-order valence-corrected chi connectivity index (χ1v) is 13.4. The van der Waals surface area contributed by atoms with Crippen molar-refractivity contribution < 1.29 is 24.2 Å². The molecule has 1 aliphatic rings. The van der Waals surface area contributed by atoms with Crippen LogP contribution in [0.1, 0.15) is 34.1 Å². The number of nitrogens with zero attached hydrogens (tertiary/aromatic N) is 4. The fourth-order valence-corrected chi connectivity index (χ4v) is 5.15. The molecule has 0 spiro atoms. The molecule has 0 bridgehead atoms. The maximum atomic E-state index is 13.5. The largest absolute Gasteiger partial charge is 0.505 e. The van der Waals surface area contributed by atoms with Gasteiger partial charge in [0.25, 0.3) is 11.7 Å². The number of ether oxygens (including phenoxy) is 2. The topological polar surface area (TPSA) is 96.6 Å². The van der Waals surface area contributed by atoms with Crippen LogP contribution >= 0.6 is 0 Å². The third-order valence-electron chi connectivity index (χ3n) is 7.38. The molecule has 2 aromatic carbocycles. The standard InChI is InChI=1S/C32H34N4O5/c1-20-10-9-15-35-21(2)27(33-31(20)35)29(37)26-28(36(17-16-34(3)4)32(39)30(26)38)23-13-14-24(25(18-23)40-5)41-19-22-11-7-6-8-12-22/h6-15,18,28,37H,16-17,19H2,1-5H3/b29-26+. The van der Waals surface area contributed by atoms with Crippen LogP contribution in [0.5, 0.6) is 11.5 Å². The minimum absolute atomic E-state index is 0.00192. The van der Waals surface area contributed by atoms with Gasteiger partial charge in [-0.1, -0.05) is 42.5 Å². The molecule has 1 aliphatic heterocycles. The van der Waals surface area contributed by atoms with E-state index in [2.05, 4.69) is 4.98 Å². The summed E-state index contributed by atoms with van der Waals surface area (Å²) in [7, 11) is 5.34. The summed E-state index contributed by atoms with van der Waals surface area (Å²) in [5.74, 6) is -0.736. The third-order valence-corrected chi connectivity index (χ3v) is 7.38. The van der Waals surface area contributed by atoms with Crippen LogP contribution < -0.4 is 9.47 Å². The summed E-state index contributed by atoms with van der Waals surface area (Å²) in [6, 6.07) is 18.1. The van der Waals surface area contributed by atoms with E-state index in [1.165, 1.54) is 4.90 Å². The molecule has 1 saturated heterocycles. The molecule has 1 unspecified atom stereocenters. The maximum Gasteiger partial charge on any atom is 0.295 e. The number of pyridine rings is 1. The van der Waals surface area contributed by atoms with Crippen molar-refractivity contribution in [2.75, 3.05) is 34.3 Å². The highest BCUT2D eigenvalue weighted by Gasteiger charge is 2.46. The van der Waals surface area contributed by atoms with Crippen LogP contribution in [-0.2, 0) is 16.2 Å². The Labute approximate surface area is 239 Å². The van der Waals surface area contributed by atoms with Crippen molar-refractivity contribution in [2.45, 2.75) is 26.5 Å². The number of hydrogen-bond acceptors (Lipinski definition) is 7. The number of likely N-dealkylation sites (N-methyl/N-ethyl adjacent to an activating group) is 1. The summed E-state index contributed by atoms with van der Waals surface area (Å²) in [6.45, 7) is 4.93. The molecule has 212 valence electrons. The average molecular weight is 555 g/mol. The van der Waals surface area contributed by atoms with Crippen LogP contribution in [0.25, 0.3) is 11.4 Å². The number of aromatic nitrogens is 2. The van der Waals surface area contributed by atoms with Crippen LogP contribution in [0, 0.1) is 13.8 Å². The zero-order valence-electron chi connectivity index (χ0n) is 23.9. The minimum Gasteiger partial charge on any atom is -0.505 e. The molecule has 41 heavy (non-hydrogen) atoms. The molecular weight excluding hydrogens is 520 g/mol. The number of carbonyl (C=O) groups is 2. The summed E-state index contributed by atoms with van der Waals surface area (Å²) in [5.41, 5.74) is 4.16. The number of hydrogen-bond donors (Lipinski definition) is 1. The molecule has 0 aliphatic carbocycles. The number of imidazole rings is 1. The number of methoxy groups -OCH3 is 1. The number of carbonyl (C=O) groups excluding carboxylic acids is 2. The number of amides is 1. The Morgan fingerprint density at radius 2 is 1.78 bits per heavy atom. The maximum absolute atomic E-state index is 13.5. The first kappa shape index (κ1) is 27.9. The van der Waals surface area contributed by atoms with Gasteiger partial charge < -0.3 is 28.8 Å². The fourth-order valence-electron chi connectivity index (χ4n) is 5.15. The molecule has 3 heterocycles. The average Bonchev–Trinajstić information content (AvgIpc) is 3.44. The van der Waals surface area contributed by atoms with Gasteiger partial charge >= 0.3 is 0 Å². The Kier molecular flexibility index (Phi) is 7.81. The van der Waals surface area contributed by atoms with Crippen molar-refractivity contribution in [1.29, 1.82) is 0 Å². The highest BCUT2D eigenvalue weighted by molar-refractivity contribution is 6.46. The van der Waals surface area contributed by atoms with E-state index in [1.807, 2.05) is 85.9 Å². The van der Waals surface area contributed by atoms with E-state index in [-0.39, 0.29) is 23.6 Å². The fraction of sp³-hybridized carbons (Fsp3) is 0.281. The molecule has 1 fully saturated rings. The molecule has 4 aromatic rings. The SMILES string of the molecule is COc1cc(C2/C(=C(\O)c3nc4c(C)cccn4c3C)C(=O)C(=O)N2CCN(C)C)ccc1OCc1ccccc1. The Bertz CT molecular complexity index is 1640. The Hall–Kier alpha value is -4.63. The smallest absolute Gasteiger partial charge is 0.295 e. The molecule has 2 aromatic heterocycles. The number of rotatable bonds is 9. The highest BCUT2D eigenvalue weighted by Crippen LogP contribution is 2.42. The Balaban J connectivity index is 1.60. The molecule has 9 nitrogen and oxygen atoms in total. The second kappa shape index (κ2) is 11.5. The normalized spacial score (nSPS) is 16.6. The quantitative estimate of drug-likeness (QED) is 0.185. The van der Waals surface area contributed by atoms with Crippen molar-refractivity contribution in [3.8, 4) is 11.5 Å². The van der Waals surface area contributed by atoms with E-state index < -0.39 is 17.7 Å². The van der Waals surface area contributed by atoms with E-state index >= 15 is 0 Å². The van der Waals surface area contributed by atoms with Crippen LogP contribution in [0.4, 0.5) is 0 Å². The van der Waals surface area contributed by atoms with Gasteiger partial charge in [-0.25, -0.2) is 4.98 Å². The van der Waals surface area contributed by atoms with E-state index in [0.29, 0.717) is 41.6 Å². The lowest BCUT2D eigenvalue weighted by atomic mass is 9.96. The number of aliphatic hydroxyl groups is 1. The predicted octanol–water partition coefficient (Wildman–Crippen LogP) is 4.52. The third kappa shape index (κ3) is 5.28. The number of benzene rings is 2. The monoisotopic (exact) mass is 554 g/mol. The van der Waals surface area contributed by atoms with Gasteiger partial charge in [0.15, 0.2) is 17.3 Å². The number of ketones is 1. The second-order valence-corrected chi connectivity index (χ2v) is 10.4. The van der Waals surface area contributed by atoms with Gasteiger partial charge in [-0.05, 0) is 62.8 Å². The van der Waals surface area contributed by atoms with Gasteiger partial charge in [0.2, 0.25) is 0 Å². The first-order chi connectivity index (χ1) is 19.7. The Morgan fingerprint density at radius 1 is 1.02 bits per heavy atom. The molecule has 1 N–H and O–H groups in total. The number of aliphatic hydroxyl groups excluding tert-OH is 1. The van der Waals surface area contributed by atoms with Crippen molar-refractivity contribution >= 4 is 23.1 Å². The van der Waals surface area contributed by atoms with Crippen LogP contribution in [0.2, 0.25) is 0 Å². The molecule has 1 atom stereocenters. The number of Topliss-reactive ketones (excluding diaryl/α,β-unsaturated/α-hetero) is 1. The lowest BCUT2D eigenvalue weighted by Gasteiger charge is -2.27. The van der Waals surface area contributed by atoms with Gasteiger partial charge in [-0.3, -0.25) is 9.59 Å². The zero-order valence-corrected chi connectivity index (χ0v) is 23.9. The Morgan fingerprint density at radius 3 is 2.46 bits per heavy atom. The minimum atomic E-state index is -0.836. The van der Waals surface area contributed by atoms with Gasteiger partial charge in [0.05, 0.1) is 24.4 Å². The molecule has 0 radical (unpaired) electrons.